The molecule has 1 atom stereocenters. The first-order valence-electron chi connectivity index (χ1n) is 7.55. The maximum Gasteiger partial charge on any atom is 0.398 e. The second kappa shape index (κ2) is 5.79. The first kappa shape index (κ1) is 15.4. The maximum atomic E-state index is 13.2. The average molecular weight is 284 g/mol. The predicted octanol–water partition coefficient (Wildman–Crippen LogP) is 5.96. The van der Waals surface area contributed by atoms with Gasteiger partial charge in [0.05, 0.1) is 5.41 Å². The third kappa shape index (κ3) is 2.87. The summed E-state index contributed by atoms with van der Waals surface area (Å²) in [6.45, 7) is 2.89. The zero-order valence-electron chi connectivity index (χ0n) is 12.3. The molecule has 0 heterocycles. The lowest BCUT2D eigenvalue weighted by Crippen LogP contribution is -2.38. The fraction of sp³-hybridized carbons (Fsp3) is 0.647. The minimum atomic E-state index is -4.20. The molecule has 1 aliphatic rings. The van der Waals surface area contributed by atoms with E-state index in [4.69, 9.17) is 0 Å². The summed E-state index contributed by atoms with van der Waals surface area (Å²) >= 11 is 0. The topological polar surface area (TPSA) is 0 Å². The van der Waals surface area contributed by atoms with Crippen LogP contribution in [0.3, 0.4) is 0 Å². The highest BCUT2D eigenvalue weighted by atomic mass is 19.4. The third-order valence-corrected chi connectivity index (χ3v) is 4.96. The van der Waals surface area contributed by atoms with Crippen molar-refractivity contribution in [1.29, 1.82) is 0 Å². The molecule has 0 spiro atoms. The van der Waals surface area contributed by atoms with E-state index in [2.05, 4.69) is 0 Å². The van der Waals surface area contributed by atoms with Gasteiger partial charge in [0.25, 0.3) is 0 Å². The Bertz CT molecular complexity index is 427. The number of benzene rings is 1. The van der Waals surface area contributed by atoms with Crippen molar-refractivity contribution >= 4 is 0 Å². The first-order chi connectivity index (χ1) is 9.38. The van der Waals surface area contributed by atoms with Crippen molar-refractivity contribution < 1.29 is 13.2 Å². The fourth-order valence-electron chi connectivity index (χ4n) is 3.13. The van der Waals surface area contributed by atoms with Gasteiger partial charge in [-0.25, -0.2) is 0 Å². The largest absolute Gasteiger partial charge is 0.398 e. The standard InChI is InChI=1S/C17H23F3/c1-3-16(2,17(18,19)20)15-11-9-14(10-12-15)13-7-5-4-6-8-13/h9-13H,3-8H2,1-2H3. The fourth-order valence-corrected chi connectivity index (χ4v) is 3.13. The molecule has 0 saturated heterocycles. The smallest absolute Gasteiger partial charge is 0.170 e. The second-order valence-corrected chi connectivity index (χ2v) is 6.14. The Morgan fingerprint density at radius 2 is 1.55 bits per heavy atom. The summed E-state index contributed by atoms with van der Waals surface area (Å²) in [5, 5.41) is 0. The van der Waals surface area contributed by atoms with E-state index < -0.39 is 11.6 Å². The zero-order valence-corrected chi connectivity index (χ0v) is 12.3. The summed E-state index contributed by atoms with van der Waals surface area (Å²) in [6.07, 6.45) is 1.97. The Morgan fingerprint density at radius 3 is 2.00 bits per heavy atom. The molecule has 0 bridgehead atoms. The number of hydrogen-bond acceptors (Lipinski definition) is 0. The van der Waals surface area contributed by atoms with Crippen molar-refractivity contribution in [2.24, 2.45) is 0 Å². The van der Waals surface area contributed by atoms with E-state index in [0.29, 0.717) is 11.5 Å². The molecular weight excluding hydrogens is 261 g/mol. The number of alkyl halides is 3. The minimum Gasteiger partial charge on any atom is -0.170 e. The van der Waals surface area contributed by atoms with Crippen molar-refractivity contribution in [3.8, 4) is 0 Å². The van der Waals surface area contributed by atoms with Crippen LogP contribution in [0.5, 0.6) is 0 Å². The van der Waals surface area contributed by atoms with Crippen molar-refractivity contribution in [3.63, 3.8) is 0 Å². The van der Waals surface area contributed by atoms with E-state index in [-0.39, 0.29) is 6.42 Å². The number of hydrogen-bond donors (Lipinski definition) is 0. The molecule has 3 heteroatoms. The summed E-state index contributed by atoms with van der Waals surface area (Å²) in [7, 11) is 0. The van der Waals surface area contributed by atoms with Crippen LogP contribution < -0.4 is 0 Å². The maximum absolute atomic E-state index is 13.2. The van der Waals surface area contributed by atoms with Crippen LogP contribution in [0.2, 0.25) is 0 Å². The predicted molar refractivity (Wildman–Crippen MR) is 76.0 cm³/mol. The molecule has 112 valence electrons. The van der Waals surface area contributed by atoms with Gasteiger partial charge >= 0.3 is 6.18 Å². The van der Waals surface area contributed by atoms with Crippen molar-refractivity contribution in [3.05, 3.63) is 35.4 Å². The summed E-state index contributed by atoms with van der Waals surface area (Å²) < 4.78 is 39.7. The van der Waals surface area contributed by atoms with Crippen LogP contribution in [0.15, 0.2) is 24.3 Å². The molecule has 1 aromatic carbocycles. The number of halogens is 3. The molecule has 0 amide bonds. The lowest BCUT2D eigenvalue weighted by atomic mass is 9.77. The van der Waals surface area contributed by atoms with Gasteiger partial charge in [0, 0.05) is 0 Å². The summed E-state index contributed by atoms with van der Waals surface area (Å²) in [6, 6.07) is 7.18. The first-order valence-corrected chi connectivity index (χ1v) is 7.55. The molecule has 0 nitrogen and oxygen atoms in total. The minimum absolute atomic E-state index is 0.0687. The molecule has 0 aliphatic heterocycles. The van der Waals surface area contributed by atoms with Gasteiger partial charge in [-0.2, -0.15) is 13.2 Å². The van der Waals surface area contributed by atoms with Crippen LogP contribution in [0.25, 0.3) is 0 Å². The Hall–Kier alpha value is -0.990. The normalized spacial score (nSPS) is 20.6. The van der Waals surface area contributed by atoms with Gasteiger partial charge in [-0.15, -0.1) is 0 Å². The van der Waals surface area contributed by atoms with Crippen LogP contribution in [0.1, 0.15) is 69.4 Å². The molecule has 2 rings (SSSR count). The lowest BCUT2D eigenvalue weighted by molar-refractivity contribution is -0.186. The molecule has 1 unspecified atom stereocenters. The molecule has 0 radical (unpaired) electrons. The van der Waals surface area contributed by atoms with Gasteiger partial charge in [-0.05, 0) is 43.2 Å². The van der Waals surface area contributed by atoms with Crippen molar-refractivity contribution in [2.75, 3.05) is 0 Å². The average Bonchev–Trinajstić information content (AvgIpc) is 2.46. The molecule has 20 heavy (non-hydrogen) atoms. The van der Waals surface area contributed by atoms with Crippen molar-refractivity contribution in [2.45, 2.75) is 69.9 Å². The van der Waals surface area contributed by atoms with Gasteiger partial charge in [-0.1, -0.05) is 50.5 Å². The van der Waals surface area contributed by atoms with E-state index in [1.165, 1.54) is 44.6 Å². The van der Waals surface area contributed by atoms with Crippen LogP contribution in [-0.2, 0) is 5.41 Å². The van der Waals surface area contributed by atoms with E-state index in [0.717, 1.165) is 0 Å². The molecule has 1 saturated carbocycles. The highest BCUT2D eigenvalue weighted by Gasteiger charge is 2.50. The van der Waals surface area contributed by atoms with Crippen LogP contribution in [0.4, 0.5) is 13.2 Å². The summed E-state index contributed by atoms with van der Waals surface area (Å²) in [4.78, 5) is 0. The van der Waals surface area contributed by atoms with Crippen LogP contribution in [0, 0.1) is 0 Å². The molecule has 1 fully saturated rings. The van der Waals surface area contributed by atoms with Crippen LogP contribution in [-0.4, -0.2) is 6.18 Å². The van der Waals surface area contributed by atoms with Gasteiger partial charge in [0.2, 0.25) is 0 Å². The third-order valence-electron chi connectivity index (χ3n) is 4.96. The molecule has 1 aliphatic carbocycles. The van der Waals surface area contributed by atoms with E-state index >= 15 is 0 Å². The van der Waals surface area contributed by atoms with Gasteiger partial charge in [-0.3, -0.25) is 0 Å². The van der Waals surface area contributed by atoms with Gasteiger partial charge in [0.15, 0.2) is 0 Å². The Balaban J connectivity index is 2.22. The highest BCUT2D eigenvalue weighted by Crippen LogP contribution is 2.44. The van der Waals surface area contributed by atoms with E-state index in [1.807, 2.05) is 12.1 Å². The Kier molecular flexibility index (Phi) is 4.46. The second-order valence-electron chi connectivity index (χ2n) is 6.14. The van der Waals surface area contributed by atoms with Crippen LogP contribution >= 0.6 is 0 Å². The quantitative estimate of drug-likeness (QED) is 0.642. The number of rotatable bonds is 3. The summed E-state index contributed by atoms with van der Waals surface area (Å²) in [5.74, 6) is 0.538. The zero-order chi connectivity index (χ0) is 14.8. The Labute approximate surface area is 119 Å². The monoisotopic (exact) mass is 284 g/mol. The van der Waals surface area contributed by atoms with Gasteiger partial charge in [0.1, 0.15) is 0 Å². The van der Waals surface area contributed by atoms with Crippen molar-refractivity contribution in [1.82, 2.24) is 0 Å². The molecule has 0 aromatic heterocycles. The molecule has 0 N–H and O–H groups in total. The van der Waals surface area contributed by atoms with Gasteiger partial charge < -0.3 is 0 Å². The Morgan fingerprint density at radius 1 is 1.00 bits per heavy atom. The SMILES string of the molecule is CCC(C)(c1ccc(C2CCCCC2)cc1)C(F)(F)F. The van der Waals surface area contributed by atoms with E-state index in [1.54, 1.807) is 19.1 Å². The lowest BCUT2D eigenvalue weighted by Gasteiger charge is -2.32. The highest BCUT2D eigenvalue weighted by molar-refractivity contribution is 5.32. The molecular formula is C17H23F3. The summed E-state index contributed by atoms with van der Waals surface area (Å²) in [5.41, 5.74) is -0.154. The molecule has 1 aromatic rings. The van der Waals surface area contributed by atoms with E-state index in [9.17, 15) is 13.2 Å².